The molecule has 0 fully saturated rings. The summed E-state index contributed by atoms with van der Waals surface area (Å²) in [4.78, 5) is 0. The van der Waals surface area contributed by atoms with Crippen molar-refractivity contribution in [3.05, 3.63) is 0 Å². The van der Waals surface area contributed by atoms with Crippen molar-refractivity contribution in [3.8, 4) is 0 Å². The molecule has 0 aliphatic rings. The normalized spacial score (nSPS) is 9.67. The van der Waals surface area contributed by atoms with E-state index < -0.39 is 10.5 Å². The van der Waals surface area contributed by atoms with Crippen LogP contribution in [-0.2, 0) is 10.5 Å². The molecular formula is H2FIO3S. The SMILES string of the molecule is O=S(=O)([O-])F.[IH2+]. The Morgan fingerprint density at radius 1 is 1.50 bits per heavy atom. The Bertz CT molecular complexity index is 94.0. The summed E-state index contributed by atoms with van der Waals surface area (Å²) in [6, 6.07) is 0. The summed E-state index contributed by atoms with van der Waals surface area (Å²) in [5.74, 6) is 0. The molecule has 6 heavy (non-hydrogen) atoms. The monoisotopic (exact) mass is 228 g/mol. The van der Waals surface area contributed by atoms with Gasteiger partial charge in [-0.1, -0.05) is 0 Å². The molecule has 0 rings (SSSR count). The molecule has 0 N–H and O–H groups in total. The molecule has 0 amide bonds. The maximum absolute atomic E-state index is 10.1. The zero-order valence-electron chi connectivity index (χ0n) is 2.46. The molecule has 0 heterocycles. The average molecular weight is 228 g/mol. The van der Waals surface area contributed by atoms with Gasteiger partial charge in [-0.3, -0.25) is 0 Å². The third-order valence-corrected chi connectivity index (χ3v) is 0. The van der Waals surface area contributed by atoms with Gasteiger partial charge in [-0.15, -0.1) is 3.89 Å². The van der Waals surface area contributed by atoms with Crippen molar-refractivity contribution in [2.45, 2.75) is 0 Å². The lowest BCUT2D eigenvalue weighted by Gasteiger charge is -1.84. The van der Waals surface area contributed by atoms with Gasteiger partial charge in [0.15, 0.2) is 0 Å². The summed E-state index contributed by atoms with van der Waals surface area (Å²) in [5.41, 5.74) is 0. The molecule has 0 unspecified atom stereocenters. The van der Waals surface area contributed by atoms with Crippen molar-refractivity contribution < 1.29 is 40.8 Å². The van der Waals surface area contributed by atoms with Crippen molar-refractivity contribution in [1.82, 2.24) is 0 Å². The fourth-order valence-electron chi connectivity index (χ4n) is 0. The first-order chi connectivity index (χ1) is 2.00. The van der Waals surface area contributed by atoms with Gasteiger partial charge in [-0.25, -0.2) is 8.42 Å². The standard InChI is InChI=1S/FHO3S.H2I/c1-5(2,3)4;/h(H,2,3,4);1H2/q;+1/p-1. The summed E-state index contributed by atoms with van der Waals surface area (Å²) in [5, 5.41) is 0. The largest absolute Gasteiger partial charge is 0.722 e. The van der Waals surface area contributed by atoms with Crippen LogP contribution in [0, 0.1) is 0 Å². The van der Waals surface area contributed by atoms with Crippen LogP contribution >= 0.6 is 0 Å². The highest BCUT2D eigenvalue weighted by atomic mass is 127. The van der Waals surface area contributed by atoms with Crippen LogP contribution in [0.5, 0.6) is 0 Å². The molecular weight excluding hydrogens is 226 g/mol. The molecule has 0 radical (unpaired) electrons. The number of hydrogen-bond donors (Lipinski definition) is 0. The predicted octanol–water partition coefficient (Wildman–Crippen LogP) is -4.12. The quantitative estimate of drug-likeness (QED) is 0.240. The second-order valence-electron chi connectivity index (χ2n) is 0.393. The number of halogens is 2. The summed E-state index contributed by atoms with van der Waals surface area (Å²) < 4.78 is 35.3. The van der Waals surface area contributed by atoms with Crippen LogP contribution in [0.1, 0.15) is 0 Å². The van der Waals surface area contributed by atoms with Gasteiger partial charge >= 0.3 is 0 Å². The van der Waals surface area contributed by atoms with E-state index in [0.29, 0.717) is 0 Å². The minimum Gasteiger partial charge on any atom is -0.722 e. The van der Waals surface area contributed by atoms with Crippen molar-refractivity contribution >= 4 is 10.5 Å². The van der Waals surface area contributed by atoms with Crippen LogP contribution < -0.4 is 24.0 Å². The van der Waals surface area contributed by atoms with Gasteiger partial charge in [0.25, 0.3) is 10.5 Å². The van der Waals surface area contributed by atoms with E-state index >= 15 is 0 Å². The van der Waals surface area contributed by atoms with Gasteiger partial charge in [0.2, 0.25) is 24.0 Å². The van der Waals surface area contributed by atoms with Crippen molar-refractivity contribution in [2.24, 2.45) is 0 Å². The van der Waals surface area contributed by atoms with Crippen LogP contribution in [0.25, 0.3) is 0 Å². The van der Waals surface area contributed by atoms with E-state index in [1.165, 1.54) is 0 Å². The Labute approximate surface area is 51.6 Å². The molecule has 0 saturated carbocycles. The first-order valence-electron chi connectivity index (χ1n) is 0.654. The molecule has 0 bridgehead atoms. The van der Waals surface area contributed by atoms with Crippen molar-refractivity contribution in [3.63, 3.8) is 0 Å². The lowest BCUT2D eigenvalue weighted by atomic mass is 15.9. The highest BCUT2D eigenvalue weighted by molar-refractivity contribution is 7.80. The van der Waals surface area contributed by atoms with Crippen LogP contribution in [0.4, 0.5) is 3.89 Å². The minimum absolute atomic E-state index is 0. The average Bonchev–Trinajstić information content (AvgIpc) is 0.722. The fraction of sp³-hybridized carbons (Fsp3) is 0. The number of hydrogen-bond acceptors (Lipinski definition) is 3. The fourth-order valence-corrected chi connectivity index (χ4v) is 0. The highest BCUT2D eigenvalue weighted by Gasteiger charge is 1.73. The van der Waals surface area contributed by atoms with E-state index in [-0.39, 0.29) is 24.0 Å². The molecule has 0 aromatic heterocycles. The lowest BCUT2D eigenvalue weighted by Crippen LogP contribution is -3.00. The molecule has 0 spiro atoms. The molecule has 0 aromatic carbocycles. The molecule has 0 atom stereocenters. The smallest absolute Gasteiger partial charge is 0.255 e. The Morgan fingerprint density at radius 3 is 1.50 bits per heavy atom. The maximum atomic E-state index is 10.1. The van der Waals surface area contributed by atoms with E-state index in [1.807, 2.05) is 0 Å². The number of rotatable bonds is 0. The first kappa shape index (κ1) is 9.76. The van der Waals surface area contributed by atoms with Gasteiger partial charge in [0.1, 0.15) is 0 Å². The molecule has 0 saturated heterocycles. The molecule has 0 aromatic rings. The van der Waals surface area contributed by atoms with Crippen LogP contribution in [0.3, 0.4) is 0 Å². The maximum Gasteiger partial charge on any atom is 0.255 e. The summed E-state index contributed by atoms with van der Waals surface area (Å²) >= 11 is 0. The van der Waals surface area contributed by atoms with Gasteiger partial charge in [-0.05, 0) is 0 Å². The Kier molecular flexibility index (Phi) is 4.38. The first-order valence-corrected chi connectivity index (χ1v) is 1.96. The Morgan fingerprint density at radius 2 is 1.50 bits per heavy atom. The lowest BCUT2D eigenvalue weighted by molar-refractivity contribution is -0.00000704. The van der Waals surface area contributed by atoms with Crippen molar-refractivity contribution in [1.29, 1.82) is 0 Å². The highest BCUT2D eigenvalue weighted by Crippen LogP contribution is 1.73. The van der Waals surface area contributed by atoms with Crippen LogP contribution in [-0.4, -0.2) is 13.0 Å². The second-order valence-corrected chi connectivity index (χ2v) is 1.18. The Balaban J connectivity index is 0. The molecule has 0 aliphatic carbocycles. The summed E-state index contributed by atoms with van der Waals surface area (Å²) in [7, 11) is -5.42. The predicted molar refractivity (Wildman–Crippen MR) is 13.6 cm³/mol. The van der Waals surface area contributed by atoms with Gasteiger partial charge in [0, 0.05) is 0 Å². The molecule has 40 valence electrons. The van der Waals surface area contributed by atoms with Gasteiger partial charge in [-0.2, -0.15) is 0 Å². The molecule has 3 nitrogen and oxygen atoms in total. The molecule has 6 heteroatoms. The van der Waals surface area contributed by atoms with Crippen molar-refractivity contribution in [2.75, 3.05) is 0 Å². The van der Waals surface area contributed by atoms with E-state index in [2.05, 4.69) is 0 Å². The van der Waals surface area contributed by atoms with E-state index in [9.17, 15) is 3.89 Å². The second kappa shape index (κ2) is 2.69. The van der Waals surface area contributed by atoms with Gasteiger partial charge < -0.3 is 4.55 Å². The zero-order chi connectivity index (χ0) is 4.50. The third-order valence-electron chi connectivity index (χ3n) is 0. The van der Waals surface area contributed by atoms with E-state index in [4.69, 9.17) is 13.0 Å². The summed E-state index contributed by atoms with van der Waals surface area (Å²) in [6.45, 7) is 0. The van der Waals surface area contributed by atoms with Gasteiger partial charge in [0.05, 0.1) is 0 Å². The van der Waals surface area contributed by atoms with E-state index in [0.717, 1.165) is 0 Å². The van der Waals surface area contributed by atoms with Crippen LogP contribution in [0.2, 0.25) is 0 Å². The third kappa shape index (κ3) is 179. The van der Waals surface area contributed by atoms with Crippen LogP contribution in [0.15, 0.2) is 0 Å². The molecule has 0 aliphatic heterocycles. The summed E-state index contributed by atoms with van der Waals surface area (Å²) in [6.07, 6.45) is 0. The minimum atomic E-state index is -5.42. The topological polar surface area (TPSA) is 57.2 Å². The zero-order valence-corrected chi connectivity index (χ0v) is 5.83. The Hall–Kier alpha value is 0.570. The van der Waals surface area contributed by atoms with E-state index in [1.54, 1.807) is 0 Å².